The Morgan fingerprint density at radius 3 is 2.75 bits per heavy atom. The Morgan fingerprint density at radius 2 is 2.25 bits per heavy atom. The van der Waals surface area contributed by atoms with Crippen LogP contribution in [0.25, 0.3) is 0 Å². The van der Waals surface area contributed by atoms with Gasteiger partial charge in [0.1, 0.15) is 12.1 Å². The summed E-state index contributed by atoms with van der Waals surface area (Å²) in [5.74, 6) is -1.54. The molecule has 0 unspecified atom stereocenters. The van der Waals surface area contributed by atoms with E-state index in [2.05, 4.69) is 0 Å². The molecular formula is C11H12FNO3. The lowest BCUT2D eigenvalue weighted by Crippen LogP contribution is -2.20. The predicted molar refractivity (Wildman–Crippen MR) is 56.2 cm³/mol. The Balaban J connectivity index is 3.00. The average Bonchev–Trinajstić information content (AvgIpc) is 2.24. The van der Waals surface area contributed by atoms with E-state index >= 15 is 0 Å². The lowest BCUT2D eigenvalue weighted by atomic mass is 9.88. The van der Waals surface area contributed by atoms with Gasteiger partial charge in [0, 0.05) is 10.8 Å². The maximum Gasteiger partial charge on any atom is 0.211 e. The molecule has 0 heterocycles. The second kappa shape index (κ2) is 5.34. The maximum atomic E-state index is 13.0. The zero-order chi connectivity index (χ0) is 12.1. The molecule has 0 aliphatic carbocycles. The molecule has 0 N–H and O–H groups in total. The number of benzene rings is 1. The van der Waals surface area contributed by atoms with Crippen molar-refractivity contribution in [3.63, 3.8) is 0 Å². The van der Waals surface area contributed by atoms with Gasteiger partial charge >= 0.3 is 0 Å². The van der Waals surface area contributed by atoms with Crippen LogP contribution in [0.1, 0.15) is 18.4 Å². The minimum Gasteiger partial charge on any atom is -0.303 e. The molecule has 2 atom stereocenters. The van der Waals surface area contributed by atoms with Crippen LogP contribution in [0.4, 0.5) is 4.39 Å². The van der Waals surface area contributed by atoms with Gasteiger partial charge in [-0.25, -0.2) is 4.39 Å². The molecule has 0 aromatic heterocycles. The van der Waals surface area contributed by atoms with Crippen molar-refractivity contribution >= 4 is 6.29 Å². The van der Waals surface area contributed by atoms with E-state index < -0.39 is 22.6 Å². The number of rotatable bonds is 5. The SMILES string of the molecule is C[C@@H](C=O)[C@H](C[N+](=O)[O-])c1cccc(F)c1. The highest BCUT2D eigenvalue weighted by molar-refractivity contribution is 5.55. The highest BCUT2D eigenvalue weighted by atomic mass is 19.1. The number of carbonyl (C=O) groups excluding carboxylic acids is 1. The highest BCUT2D eigenvalue weighted by Gasteiger charge is 2.24. The average molecular weight is 225 g/mol. The van der Waals surface area contributed by atoms with Gasteiger partial charge in [0.2, 0.25) is 6.54 Å². The first-order chi connectivity index (χ1) is 7.54. The summed E-state index contributed by atoms with van der Waals surface area (Å²) in [4.78, 5) is 20.7. The van der Waals surface area contributed by atoms with Gasteiger partial charge in [0.25, 0.3) is 0 Å². The van der Waals surface area contributed by atoms with E-state index in [9.17, 15) is 19.3 Å². The third kappa shape index (κ3) is 3.12. The summed E-state index contributed by atoms with van der Waals surface area (Å²) in [5.41, 5.74) is 0.483. The summed E-state index contributed by atoms with van der Waals surface area (Å²) in [7, 11) is 0. The van der Waals surface area contributed by atoms with Gasteiger partial charge in [-0.3, -0.25) is 10.1 Å². The third-order valence-electron chi connectivity index (χ3n) is 2.47. The number of hydrogen-bond donors (Lipinski definition) is 0. The van der Waals surface area contributed by atoms with Crippen molar-refractivity contribution in [3.05, 3.63) is 45.8 Å². The fraction of sp³-hybridized carbons (Fsp3) is 0.364. The van der Waals surface area contributed by atoms with Crippen molar-refractivity contribution in [2.24, 2.45) is 5.92 Å². The number of aldehydes is 1. The van der Waals surface area contributed by atoms with Gasteiger partial charge in [-0.2, -0.15) is 0 Å². The first-order valence-electron chi connectivity index (χ1n) is 4.87. The minimum absolute atomic E-state index is 0.372. The summed E-state index contributed by atoms with van der Waals surface area (Å²) < 4.78 is 13.0. The molecular weight excluding hydrogens is 213 g/mol. The quantitative estimate of drug-likeness (QED) is 0.437. The van der Waals surface area contributed by atoms with Gasteiger partial charge in [0.05, 0.1) is 5.92 Å². The molecule has 0 fully saturated rings. The molecule has 0 amide bonds. The van der Waals surface area contributed by atoms with Crippen LogP contribution >= 0.6 is 0 Å². The molecule has 1 aromatic carbocycles. The highest BCUT2D eigenvalue weighted by Crippen LogP contribution is 2.24. The molecule has 1 rings (SSSR count). The summed E-state index contributed by atoms with van der Waals surface area (Å²) in [6, 6.07) is 5.57. The Labute approximate surface area is 92.2 Å². The molecule has 0 bridgehead atoms. The molecule has 0 aliphatic rings. The fourth-order valence-electron chi connectivity index (χ4n) is 1.57. The van der Waals surface area contributed by atoms with Crippen molar-refractivity contribution in [2.45, 2.75) is 12.8 Å². The van der Waals surface area contributed by atoms with Crippen LogP contribution in [0.15, 0.2) is 24.3 Å². The first kappa shape index (κ1) is 12.3. The van der Waals surface area contributed by atoms with E-state index in [4.69, 9.17) is 0 Å². The zero-order valence-electron chi connectivity index (χ0n) is 8.80. The Kier molecular flexibility index (Phi) is 4.10. The molecule has 0 aliphatic heterocycles. The molecule has 16 heavy (non-hydrogen) atoms. The van der Waals surface area contributed by atoms with Crippen molar-refractivity contribution in [1.29, 1.82) is 0 Å². The number of halogens is 1. The predicted octanol–water partition coefficient (Wildman–Crippen LogP) is 2.02. The smallest absolute Gasteiger partial charge is 0.211 e. The van der Waals surface area contributed by atoms with Gasteiger partial charge in [-0.15, -0.1) is 0 Å². The molecule has 5 heteroatoms. The number of nitrogens with zero attached hydrogens (tertiary/aromatic N) is 1. The third-order valence-corrected chi connectivity index (χ3v) is 2.47. The van der Waals surface area contributed by atoms with Crippen molar-refractivity contribution in [2.75, 3.05) is 6.54 Å². The normalized spacial score (nSPS) is 14.1. The van der Waals surface area contributed by atoms with Crippen molar-refractivity contribution < 1.29 is 14.1 Å². The van der Waals surface area contributed by atoms with Crippen LogP contribution in [0.2, 0.25) is 0 Å². The maximum absolute atomic E-state index is 13.0. The van der Waals surface area contributed by atoms with E-state index in [0.717, 1.165) is 0 Å². The lowest BCUT2D eigenvalue weighted by Gasteiger charge is -2.15. The second-order valence-electron chi connectivity index (χ2n) is 3.67. The summed E-state index contributed by atoms with van der Waals surface area (Å²) in [6.45, 7) is 1.22. The van der Waals surface area contributed by atoms with E-state index in [1.165, 1.54) is 18.2 Å². The first-order valence-corrected chi connectivity index (χ1v) is 4.87. The van der Waals surface area contributed by atoms with Crippen LogP contribution in [0.5, 0.6) is 0 Å². The monoisotopic (exact) mass is 225 g/mol. The lowest BCUT2D eigenvalue weighted by molar-refractivity contribution is -0.484. The molecule has 86 valence electrons. The Bertz CT molecular complexity index is 395. The summed E-state index contributed by atoms with van der Waals surface area (Å²) >= 11 is 0. The fourth-order valence-corrected chi connectivity index (χ4v) is 1.57. The zero-order valence-corrected chi connectivity index (χ0v) is 8.80. The van der Waals surface area contributed by atoms with E-state index in [1.54, 1.807) is 13.0 Å². The Morgan fingerprint density at radius 1 is 1.56 bits per heavy atom. The van der Waals surface area contributed by atoms with Crippen LogP contribution in [0, 0.1) is 21.8 Å². The van der Waals surface area contributed by atoms with E-state index in [1.807, 2.05) is 0 Å². The van der Waals surface area contributed by atoms with Crippen LogP contribution in [-0.4, -0.2) is 17.8 Å². The van der Waals surface area contributed by atoms with Gasteiger partial charge in [-0.1, -0.05) is 19.1 Å². The largest absolute Gasteiger partial charge is 0.303 e. The number of nitro groups is 1. The molecule has 4 nitrogen and oxygen atoms in total. The second-order valence-corrected chi connectivity index (χ2v) is 3.67. The number of carbonyl (C=O) groups is 1. The van der Waals surface area contributed by atoms with Crippen LogP contribution in [-0.2, 0) is 4.79 Å². The molecule has 0 saturated heterocycles. The topological polar surface area (TPSA) is 60.2 Å². The van der Waals surface area contributed by atoms with Crippen molar-refractivity contribution in [3.8, 4) is 0 Å². The van der Waals surface area contributed by atoms with E-state index in [-0.39, 0.29) is 6.54 Å². The molecule has 0 spiro atoms. The molecule has 0 radical (unpaired) electrons. The van der Waals surface area contributed by atoms with Crippen molar-refractivity contribution in [1.82, 2.24) is 0 Å². The van der Waals surface area contributed by atoms with Gasteiger partial charge in [-0.05, 0) is 17.7 Å². The Hall–Kier alpha value is -1.78. The summed E-state index contributed by atoms with van der Waals surface area (Å²) in [5, 5.41) is 10.5. The molecule has 0 saturated carbocycles. The standard InChI is InChI=1S/C11H12FNO3/c1-8(7-14)11(6-13(15)16)9-3-2-4-10(12)5-9/h2-5,7-8,11H,6H2,1H3/t8-,11-/m0/s1. The summed E-state index contributed by atoms with van der Waals surface area (Å²) in [6.07, 6.45) is 0.652. The number of hydrogen-bond acceptors (Lipinski definition) is 3. The van der Waals surface area contributed by atoms with Gasteiger partial charge in [0.15, 0.2) is 0 Å². The van der Waals surface area contributed by atoms with Gasteiger partial charge < -0.3 is 4.79 Å². The van der Waals surface area contributed by atoms with E-state index in [0.29, 0.717) is 11.8 Å². The van der Waals surface area contributed by atoms with Crippen LogP contribution < -0.4 is 0 Å². The minimum atomic E-state index is -0.580. The molecule has 1 aromatic rings. The van der Waals surface area contributed by atoms with Crippen LogP contribution in [0.3, 0.4) is 0 Å².